The molecule has 0 saturated heterocycles. The minimum absolute atomic E-state index is 0.0536. The quantitative estimate of drug-likeness (QED) is 0.615. The Hall–Kier alpha value is -2.76. The smallest absolute Gasteiger partial charge is 0.323 e. The first-order valence-electron chi connectivity index (χ1n) is 9.13. The first-order valence-corrected chi connectivity index (χ1v) is 10.5. The van der Waals surface area contributed by atoms with Crippen LogP contribution in [0.2, 0.25) is 0 Å². The standard InChI is InChI=1S/C19H26FN5O4S/c1-6-24(4)30(27,28)25(5)19(2,3)29-17-11-14(20)10-16(12-17)23-18(26)22-15-8-7-9-21-13-15/h7-13H,6H2,1-5H3,(H2,22,23,26). The molecule has 0 spiro atoms. The molecule has 30 heavy (non-hydrogen) atoms. The Morgan fingerprint density at radius 2 is 1.87 bits per heavy atom. The van der Waals surface area contributed by atoms with E-state index in [9.17, 15) is 17.6 Å². The van der Waals surface area contributed by atoms with Crippen molar-refractivity contribution in [1.29, 1.82) is 0 Å². The number of carbonyl (C=O) groups is 1. The van der Waals surface area contributed by atoms with Crippen LogP contribution in [-0.2, 0) is 10.2 Å². The molecule has 2 amide bonds. The van der Waals surface area contributed by atoms with Crippen LogP contribution >= 0.6 is 0 Å². The van der Waals surface area contributed by atoms with Crippen LogP contribution in [0.5, 0.6) is 5.75 Å². The van der Waals surface area contributed by atoms with Crippen LogP contribution in [0.3, 0.4) is 0 Å². The minimum Gasteiger partial charge on any atom is -0.472 e. The molecule has 2 N–H and O–H groups in total. The minimum atomic E-state index is -3.78. The monoisotopic (exact) mass is 439 g/mol. The van der Waals surface area contributed by atoms with Gasteiger partial charge < -0.3 is 15.4 Å². The number of hydrogen-bond acceptors (Lipinski definition) is 5. The van der Waals surface area contributed by atoms with Crippen molar-refractivity contribution in [2.75, 3.05) is 31.3 Å². The van der Waals surface area contributed by atoms with Crippen molar-refractivity contribution < 1.29 is 22.3 Å². The zero-order chi connectivity index (χ0) is 22.5. The lowest BCUT2D eigenvalue weighted by Crippen LogP contribution is -2.53. The van der Waals surface area contributed by atoms with E-state index in [1.54, 1.807) is 39.1 Å². The Labute approximate surface area is 176 Å². The average Bonchev–Trinajstić information content (AvgIpc) is 2.66. The molecule has 0 bridgehead atoms. The van der Waals surface area contributed by atoms with Crippen LogP contribution in [0, 0.1) is 5.82 Å². The molecule has 2 rings (SSSR count). The Bertz CT molecular complexity index is 986. The maximum atomic E-state index is 14.1. The number of halogens is 1. The summed E-state index contributed by atoms with van der Waals surface area (Å²) in [5.41, 5.74) is -0.722. The molecule has 164 valence electrons. The Kier molecular flexibility index (Phi) is 7.34. The summed E-state index contributed by atoms with van der Waals surface area (Å²) in [6.45, 7) is 5.07. The molecule has 2 aromatic rings. The summed E-state index contributed by atoms with van der Waals surface area (Å²) in [5, 5.41) is 5.07. The summed E-state index contributed by atoms with van der Waals surface area (Å²) in [5.74, 6) is -0.603. The van der Waals surface area contributed by atoms with Crippen LogP contribution in [0.25, 0.3) is 0 Å². The highest BCUT2D eigenvalue weighted by molar-refractivity contribution is 7.86. The van der Waals surface area contributed by atoms with Crippen molar-refractivity contribution >= 4 is 27.6 Å². The van der Waals surface area contributed by atoms with Gasteiger partial charge in [0, 0.05) is 44.7 Å². The lowest BCUT2D eigenvalue weighted by molar-refractivity contribution is 0.00934. The fourth-order valence-corrected chi connectivity index (χ4v) is 3.76. The van der Waals surface area contributed by atoms with Gasteiger partial charge in [0.1, 0.15) is 11.6 Å². The number of amides is 2. The highest BCUT2D eigenvalue weighted by Gasteiger charge is 2.37. The number of urea groups is 1. The maximum absolute atomic E-state index is 14.1. The van der Waals surface area contributed by atoms with E-state index in [0.29, 0.717) is 5.69 Å². The number of hydrogen-bond donors (Lipinski definition) is 2. The van der Waals surface area contributed by atoms with Gasteiger partial charge in [-0.1, -0.05) is 6.92 Å². The number of carbonyl (C=O) groups excluding carboxylic acids is 1. The van der Waals surface area contributed by atoms with E-state index in [1.165, 1.54) is 30.7 Å². The van der Waals surface area contributed by atoms with E-state index in [1.807, 2.05) is 0 Å². The molecule has 0 aliphatic rings. The largest absolute Gasteiger partial charge is 0.472 e. The van der Waals surface area contributed by atoms with Gasteiger partial charge in [-0.25, -0.2) is 9.18 Å². The number of anilines is 2. The van der Waals surface area contributed by atoms with Crippen molar-refractivity contribution in [3.63, 3.8) is 0 Å². The lowest BCUT2D eigenvalue weighted by atomic mass is 10.2. The summed E-state index contributed by atoms with van der Waals surface area (Å²) >= 11 is 0. The predicted octanol–water partition coefficient (Wildman–Crippen LogP) is 3.11. The number of ether oxygens (including phenoxy) is 1. The van der Waals surface area contributed by atoms with E-state index in [-0.39, 0.29) is 18.0 Å². The number of aromatic nitrogens is 1. The molecule has 0 saturated carbocycles. The molecule has 11 heteroatoms. The van der Waals surface area contributed by atoms with Gasteiger partial charge in [-0.05, 0) is 32.0 Å². The number of nitrogens with zero attached hydrogens (tertiary/aromatic N) is 3. The lowest BCUT2D eigenvalue weighted by Gasteiger charge is -2.36. The molecule has 1 heterocycles. The van der Waals surface area contributed by atoms with Gasteiger partial charge in [0.2, 0.25) is 0 Å². The second-order valence-corrected chi connectivity index (χ2v) is 9.00. The fourth-order valence-electron chi connectivity index (χ4n) is 2.43. The Balaban J connectivity index is 2.17. The van der Waals surface area contributed by atoms with Gasteiger partial charge in [0.15, 0.2) is 5.72 Å². The molecule has 0 atom stereocenters. The van der Waals surface area contributed by atoms with E-state index in [4.69, 9.17) is 4.74 Å². The first kappa shape index (κ1) is 23.5. The topological polar surface area (TPSA) is 104 Å². The number of benzene rings is 1. The van der Waals surface area contributed by atoms with Crippen LogP contribution in [-0.4, -0.2) is 54.4 Å². The fraction of sp³-hybridized carbons (Fsp3) is 0.368. The van der Waals surface area contributed by atoms with Crippen molar-refractivity contribution in [2.45, 2.75) is 26.5 Å². The third-order valence-corrected chi connectivity index (χ3v) is 6.54. The van der Waals surface area contributed by atoms with E-state index in [2.05, 4.69) is 15.6 Å². The van der Waals surface area contributed by atoms with Crippen molar-refractivity contribution in [3.8, 4) is 5.75 Å². The van der Waals surface area contributed by atoms with E-state index < -0.39 is 27.8 Å². The summed E-state index contributed by atoms with van der Waals surface area (Å²) in [6.07, 6.45) is 3.03. The summed E-state index contributed by atoms with van der Waals surface area (Å²) in [4.78, 5) is 16.0. The van der Waals surface area contributed by atoms with Gasteiger partial charge in [0.05, 0.1) is 11.9 Å². The van der Waals surface area contributed by atoms with Crippen LogP contribution in [0.15, 0.2) is 42.7 Å². The second-order valence-electron chi connectivity index (χ2n) is 6.93. The molecule has 0 fully saturated rings. The molecule has 1 aromatic carbocycles. The summed E-state index contributed by atoms with van der Waals surface area (Å²) < 4.78 is 47.2. The molecular formula is C19H26FN5O4S. The SMILES string of the molecule is CCN(C)S(=O)(=O)N(C)C(C)(C)Oc1cc(F)cc(NC(=O)Nc2cccnc2)c1. The van der Waals surface area contributed by atoms with Crippen molar-refractivity contribution in [2.24, 2.45) is 0 Å². The van der Waals surface area contributed by atoms with E-state index in [0.717, 1.165) is 16.4 Å². The van der Waals surface area contributed by atoms with Crippen molar-refractivity contribution in [3.05, 3.63) is 48.5 Å². The number of pyridine rings is 1. The Morgan fingerprint density at radius 1 is 1.20 bits per heavy atom. The van der Waals surface area contributed by atoms with Gasteiger partial charge in [0.25, 0.3) is 10.2 Å². The van der Waals surface area contributed by atoms with E-state index >= 15 is 0 Å². The Morgan fingerprint density at radius 3 is 2.47 bits per heavy atom. The molecule has 0 aliphatic heterocycles. The number of nitrogens with one attached hydrogen (secondary N) is 2. The summed E-state index contributed by atoms with van der Waals surface area (Å²) in [7, 11) is -0.951. The highest BCUT2D eigenvalue weighted by Crippen LogP contribution is 2.27. The van der Waals surface area contributed by atoms with Crippen LogP contribution < -0.4 is 15.4 Å². The molecule has 0 radical (unpaired) electrons. The molecule has 9 nitrogen and oxygen atoms in total. The molecule has 0 unspecified atom stereocenters. The van der Waals surface area contributed by atoms with Crippen LogP contribution in [0.4, 0.5) is 20.6 Å². The second kappa shape index (κ2) is 9.37. The molecule has 0 aliphatic carbocycles. The zero-order valence-electron chi connectivity index (χ0n) is 17.5. The van der Waals surface area contributed by atoms with Gasteiger partial charge in [-0.3, -0.25) is 4.98 Å². The van der Waals surface area contributed by atoms with Gasteiger partial charge >= 0.3 is 6.03 Å². The normalized spacial score (nSPS) is 12.1. The predicted molar refractivity (Wildman–Crippen MR) is 113 cm³/mol. The third kappa shape index (κ3) is 5.88. The van der Waals surface area contributed by atoms with Gasteiger partial charge in [-0.15, -0.1) is 0 Å². The third-order valence-electron chi connectivity index (χ3n) is 4.36. The highest BCUT2D eigenvalue weighted by atomic mass is 32.2. The summed E-state index contributed by atoms with van der Waals surface area (Å²) in [6, 6.07) is 6.34. The zero-order valence-corrected chi connectivity index (χ0v) is 18.3. The first-order chi connectivity index (χ1) is 14.0. The van der Waals surface area contributed by atoms with Crippen LogP contribution in [0.1, 0.15) is 20.8 Å². The average molecular weight is 440 g/mol. The maximum Gasteiger partial charge on any atom is 0.323 e. The van der Waals surface area contributed by atoms with Crippen molar-refractivity contribution in [1.82, 2.24) is 13.6 Å². The molecule has 1 aromatic heterocycles. The molecular weight excluding hydrogens is 413 g/mol. The number of rotatable bonds is 8. The van der Waals surface area contributed by atoms with Gasteiger partial charge in [-0.2, -0.15) is 17.0 Å².